The highest BCUT2D eigenvalue weighted by Crippen LogP contribution is 2.30. The predicted octanol–water partition coefficient (Wildman–Crippen LogP) is 2.18. The molecule has 1 aliphatic carbocycles. The van der Waals surface area contributed by atoms with Crippen LogP contribution in [0.25, 0.3) is 0 Å². The van der Waals surface area contributed by atoms with Crippen molar-refractivity contribution in [2.75, 3.05) is 0 Å². The van der Waals surface area contributed by atoms with Gasteiger partial charge in [0.15, 0.2) is 5.67 Å². The van der Waals surface area contributed by atoms with E-state index >= 15 is 0 Å². The lowest BCUT2D eigenvalue weighted by atomic mass is 9.88. The summed E-state index contributed by atoms with van der Waals surface area (Å²) in [6.07, 6.45) is 3.74. The highest BCUT2D eigenvalue weighted by Gasteiger charge is 2.30. The summed E-state index contributed by atoms with van der Waals surface area (Å²) in [7, 11) is 0. The maximum Gasteiger partial charge on any atom is 0.196 e. The summed E-state index contributed by atoms with van der Waals surface area (Å²) in [5.74, 6) is 0. The van der Waals surface area contributed by atoms with Gasteiger partial charge in [-0.1, -0.05) is 6.42 Å². The molecule has 1 saturated carbocycles. The third-order valence-electron chi connectivity index (χ3n) is 1.85. The molecule has 1 fully saturated rings. The molecule has 0 aliphatic heterocycles. The normalized spacial score (nSPS) is 24.9. The monoisotopic (exact) mass is 127 g/mol. The topological polar surface area (TPSA) is 23.8 Å². The van der Waals surface area contributed by atoms with Crippen LogP contribution < -0.4 is 0 Å². The van der Waals surface area contributed by atoms with Gasteiger partial charge in [0.25, 0.3) is 0 Å². The van der Waals surface area contributed by atoms with Crippen LogP contribution in [0.5, 0.6) is 0 Å². The van der Waals surface area contributed by atoms with Crippen molar-refractivity contribution in [3.05, 3.63) is 0 Å². The van der Waals surface area contributed by atoms with Crippen molar-refractivity contribution < 1.29 is 4.39 Å². The number of nitriles is 1. The maximum absolute atomic E-state index is 12.9. The zero-order chi connectivity index (χ0) is 6.74. The molecular weight excluding hydrogens is 117 g/mol. The molecule has 0 aromatic carbocycles. The van der Waals surface area contributed by atoms with Crippen LogP contribution in [-0.4, -0.2) is 5.67 Å². The van der Waals surface area contributed by atoms with Crippen molar-refractivity contribution in [1.29, 1.82) is 5.26 Å². The van der Waals surface area contributed by atoms with E-state index in [2.05, 4.69) is 0 Å². The largest absolute Gasteiger partial charge is 0.227 e. The number of rotatable bonds is 0. The molecule has 0 N–H and O–H groups in total. The zero-order valence-electron chi connectivity index (χ0n) is 5.36. The van der Waals surface area contributed by atoms with Crippen molar-refractivity contribution >= 4 is 0 Å². The van der Waals surface area contributed by atoms with Crippen LogP contribution in [0.3, 0.4) is 0 Å². The summed E-state index contributed by atoms with van der Waals surface area (Å²) < 4.78 is 12.9. The first-order chi connectivity index (χ1) is 4.27. The lowest BCUT2D eigenvalue weighted by Gasteiger charge is -2.21. The number of hydrogen-bond donors (Lipinski definition) is 0. The summed E-state index contributed by atoms with van der Waals surface area (Å²) in [6, 6.07) is 1.71. The molecule has 1 nitrogen and oxygen atoms in total. The minimum atomic E-state index is -1.47. The second-order valence-electron chi connectivity index (χ2n) is 2.64. The average Bonchev–Trinajstić information content (AvgIpc) is 1.90. The van der Waals surface area contributed by atoms with E-state index in [9.17, 15) is 4.39 Å². The van der Waals surface area contributed by atoms with Crippen LogP contribution in [0.4, 0.5) is 4.39 Å². The van der Waals surface area contributed by atoms with Gasteiger partial charge in [-0.05, 0) is 25.7 Å². The molecule has 0 amide bonds. The van der Waals surface area contributed by atoms with Gasteiger partial charge in [-0.25, -0.2) is 4.39 Å². The Bertz CT molecular complexity index is 130. The summed E-state index contributed by atoms with van der Waals surface area (Å²) in [5.41, 5.74) is -1.47. The highest BCUT2D eigenvalue weighted by molar-refractivity contribution is 5.01. The van der Waals surface area contributed by atoms with Crippen LogP contribution in [-0.2, 0) is 0 Å². The fraction of sp³-hybridized carbons (Fsp3) is 0.857. The van der Waals surface area contributed by atoms with Crippen molar-refractivity contribution in [3.63, 3.8) is 0 Å². The molecule has 0 saturated heterocycles. The molecule has 1 rings (SSSR count). The van der Waals surface area contributed by atoms with Crippen LogP contribution >= 0.6 is 0 Å². The highest BCUT2D eigenvalue weighted by atomic mass is 19.1. The Balaban J connectivity index is 2.49. The molecule has 2 heteroatoms. The molecule has 0 radical (unpaired) electrons. The molecule has 9 heavy (non-hydrogen) atoms. The fourth-order valence-corrected chi connectivity index (χ4v) is 1.22. The molecular formula is C7H10FN. The summed E-state index contributed by atoms with van der Waals surface area (Å²) in [5, 5.41) is 8.33. The van der Waals surface area contributed by atoms with Gasteiger partial charge in [0.2, 0.25) is 0 Å². The number of alkyl halides is 1. The molecule has 0 unspecified atom stereocenters. The lowest BCUT2D eigenvalue weighted by molar-refractivity contribution is 0.172. The van der Waals surface area contributed by atoms with Crippen LogP contribution in [0.15, 0.2) is 0 Å². The standard InChI is InChI=1S/C7H10FN/c8-7(6-9)4-2-1-3-5-7/h1-5H2. The number of halogens is 1. The van der Waals surface area contributed by atoms with E-state index in [0.29, 0.717) is 12.8 Å². The second kappa shape index (κ2) is 2.34. The van der Waals surface area contributed by atoms with E-state index in [4.69, 9.17) is 5.26 Å². The average molecular weight is 127 g/mol. The minimum absolute atomic E-state index is 0.448. The third-order valence-corrected chi connectivity index (χ3v) is 1.85. The Hall–Kier alpha value is -0.580. The van der Waals surface area contributed by atoms with Crippen LogP contribution in [0.1, 0.15) is 32.1 Å². The van der Waals surface area contributed by atoms with Crippen molar-refractivity contribution in [3.8, 4) is 6.07 Å². The SMILES string of the molecule is N#CC1(F)CCCCC1. The maximum atomic E-state index is 12.9. The van der Waals surface area contributed by atoms with E-state index in [1.54, 1.807) is 6.07 Å². The Morgan fingerprint density at radius 2 is 1.78 bits per heavy atom. The van der Waals surface area contributed by atoms with E-state index in [0.717, 1.165) is 19.3 Å². The molecule has 1 aliphatic rings. The first-order valence-electron chi connectivity index (χ1n) is 3.37. The molecule has 50 valence electrons. The predicted molar refractivity (Wildman–Crippen MR) is 32.5 cm³/mol. The quantitative estimate of drug-likeness (QED) is 0.489. The Morgan fingerprint density at radius 3 is 2.11 bits per heavy atom. The van der Waals surface area contributed by atoms with Gasteiger partial charge in [-0.2, -0.15) is 5.26 Å². The first kappa shape index (κ1) is 6.54. The van der Waals surface area contributed by atoms with Gasteiger partial charge in [0.05, 0.1) is 0 Å². The molecule has 0 heterocycles. The Labute approximate surface area is 54.5 Å². The van der Waals surface area contributed by atoms with Gasteiger partial charge in [0.1, 0.15) is 6.07 Å². The van der Waals surface area contributed by atoms with Gasteiger partial charge in [-0.15, -0.1) is 0 Å². The number of nitrogens with zero attached hydrogens (tertiary/aromatic N) is 1. The smallest absolute Gasteiger partial charge is 0.196 e. The van der Waals surface area contributed by atoms with Crippen LogP contribution in [0, 0.1) is 11.3 Å². The molecule has 0 aromatic heterocycles. The molecule has 0 spiro atoms. The summed E-state index contributed by atoms with van der Waals surface area (Å²) >= 11 is 0. The van der Waals surface area contributed by atoms with Gasteiger partial charge < -0.3 is 0 Å². The molecule has 0 bridgehead atoms. The van der Waals surface area contributed by atoms with Gasteiger partial charge in [0, 0.05) is 0 Å². The zero-order valence-corrected chi connectivity index (χ0v) is 5.36. The van der Waals surface area contributed by atoms with Crippen molar-refractivity contribution in [2.24, 2.45) is 0 Å². The molecule has 0 atom stereocenters. The van der Waals surface area contributed by atoms with Gasteiger partial charge in [-0.3, -0.25) is 0 Å². The van der Waals surface area contributed by atoms with Gasteiger partial charge >= 0.3 is 0 Å². The van der Waals surface area contributed by atoms with E-state index in [-0.39, 0.29) is 0 Å². The second-order valence-corrected chi connectivity index (χ2v) is 2.64. The first-order valence-corrected chi connectivity index (χ1v) is 3.37. The van der Waals surface area contributed by atoms with E-state index in [1.165, 1.54) is 0 Å². The fourth-order valence-electron chi connectivity index (χ4n) is 1.22. The van der Waals surface area contributed by atoms with E-state index in [1.807, 2.05) is 0 Å². The van der Waals surface area contributed by atoms with Crippen LogP contribution in [0.2, 0.25) is 0 Å². The molecule has 0 aromatic rings. The minimum Gasteiger partial charge on any atom is -0.227 e. The summed E-state index contributed by atoms with van der Waals surface area (Å²) in [4.78, 5) is 0. The van der Waals surface area contributed by atoms with Crippen molar-refractivity contribution in [2.45, 2.75) is 37.8 Å². The van der Waals surface area contributed by atoms with E-state index < -0.39 is 5.67 Å². The third kappa shape index (κ3) is 1.41. The summed E-state index contributed by atoms with van der Waals surface area (Å²) in [6.45, 7) is 0. The number of hydrogen-bond acceptors (Lipinski definition) is 1. The Morgan fingerprint density at radius 1 is 1.22 bits per heavy atom. The van der Waals surface area contributed by atoms with Crippen molar-refractivity contribution in [1.82, 2.24) is 0 Å². The Kier molecular flexibility index (Phi) is 1.70. The lowest BCUT2D eigenvalue weighted by Crippen LogP contribution is -2.23.